The summed E-state index contributed by atoms with van der Waals surface area (Å²) in [6.45, 7) is 4.35. The zero-order chi connectivity index (χ0) is 11.8. The molecule has 1 aromatic rings. The average molecular weight is 238 g/mol. The summed E-state index contributed by atoms with van der Waals surface area (Å²) in [6.07, 6.45) is 7.25. The zero-order valence-corrected chi connectivity index (χ0v) is 11.2. The van der Waals surface area contributed by atoms with E-state index in [2.05, 4.69) is 26.0 Å². The monoisotopic (exact) mass is 238 g/mol. The number of hydrogen-bond donors (Lipinski definition) is 0. The third-order valence-corrected chi connectivity index (χ3v) is 3.98. The molecule has 0 N–H and O–H groups in total. The van der Waals surface area contributed by atoms with Crippen LogP contribution in [0.15, 0.2) is 12.1 Å². The molecule has 0 saturated carbocycles. The summed E-state index contributed by atoms with van der Waals surface area (Å²) in [6, 6.07) is 4.25. The third kappa shape index (κ3) is 4.93. The van der Waals surface area contributed by atoms with Crippen LogP contribution in [0, 0.1) is 0 Å². The molecule has 1 nitrogen and oxygen atoms in total. The Labute approximate surface area is 103 Å². The summed E-state index contributed by atoms with van der Waals surface area (Å²) in [5, 5.41) is 0. The van der Waals surface area contributed by atoms with E-state index in [1.54, 1.807) is 11.3 Å². The minimum Gasteiger partial charge on any atom is -0.299 e. The Morgan fingerprint density at radius 1 is 1.12 bits per heavy atom. The first-order valence-corrected chi connectivity index (χ1v) is 7.17. The molecular formula is C14H22OS. The Bertz CT molecular complexity index is 314. The van der Waals surface area contributed by atoms with Gasteiger partial charge in [0.15, 0.2) is 0 Å². The zero-order valence-electron chi connectivity index (χ0n) is 10.4. The minimum atomic E-state index is 0.403. The lowest BCUT2D eigenvalue weighted by Crippen LogP contribution is -2.00. The Morgan fingerprint density at radius 2 is 1.88 bits per heavy atom. The van der Waals surface area contributed by atoms with E-state index in [-0.39, 0.29) is 0 Å². The number of unbranched alkanes of at least 4 members (excludes halogenated alkanes) is 3. The van der Waals surface area contributed by atoms with Gasteiger partial charge in [-0.05, 0) is 25.0 Å². The SMILES string of the molecule is CCCCCCC(=O)Cc1ccc(CC)s1. The second kappa shape index (κ2) is 7.61. The molecule has 90 valence electrons. The van der Waals surface area contributed by atoms with Crippen molar-refractivity contribution in [2.75, 3.05) is 0 Å². The van der Waals surface area contributed by atoms with Gasteiger partial charge < -0.3 is 0 Å². The molecule has 0 aliphatic rings. The van der Waals surface area contributed by atoms with E-state index in [4.69, 9.17) is 0 Å². The fourth-order valence-corrected chi connectivity index (χ4v) is 2.73. The first kappa shape index (κ1) is 13.4. The molecule has 2 heteroatoms. The maximum Gasteiger partial charge on any atom is 0.138 e. The maximum absolute atomic E-state index is 11.7. The summed E-state index contributed by atoms with van der Waals surface area (Å²) in [5.74, 6) is 0.403. The van der Waals surface area contributed by atoms with E-state index in [0.717, 1.165) is 19.3 Å². The lowest BCUT2D eigenvalue weighted by atomic mass is 10.1. The normalized spacial score (nSPS) is 10.6. The van der Waals surface area contributed by atoms with Gasteiger partial charge in [-0.3, -0.25) is 4.79 Å². The van der Waals surface area contributed by atoms with Crippen molar-refractivity contribution in [1.82, 2.24) is 0 Å². The molecule has 0 aliphatic heterocycles. The molecule has 0 saturated heterocycles. The van der Waals surface area contributed by atoms with Gasteiger partial charge in [0, 0.05) is 22.6 Å². The molecule has 0 aliphatic carbocycles. The van der Waals surface area contributed by atoms with E-state index in [1.165, 1.54) is 29.0 Å². The topological polar surface area (TPSA) is 17.1 Å². The van der Waals surface area contributed by atoms with E-state index in [9.17, 15) is 4.79 Å². The Kier molecular flexibility index (Phi) is 6.39. The number of carbonyl (C=O) groups is 1. The number of rotatable bonds is 8. The Hall–Kier alpha value is -0.630. The number of aryl methyl sites for hydroxylation is 1. The molecule has 0 aromatic carbocycles. The van der Waals surface area contributed by atoms with Crippen LogP contribution in [0.1, 0.15) is 55.7 Å². The number of hydrogen-bond acceptors (Lipinski definition) is 2. The molecule has 0 unspecified atom stereocenters. The second-order valence-electron chi connectivity index (χ2n) is 4.25. The highest BCUT2D eigenvalue weighted by atomic mass is 32.1. The van der Waals surface area contributed by atoms with Crippen LogP contribution in [-0.4, -0.2) is 5.78 Å². The number of carbonyl (C=O) groups excluding carboxylic acids is 1. The van der Waals surface area contributed by atoms with Crippen LogP contribution >= 0.6 is 11.3 Å². The van der Waals surface area contributed by atoms with Crippen molar-refractivity contribution >= 4 is 17.1 Å². The molecule has 0 fully saturated rings. The van der Waals surface area contributed by atoms with Crippen LogP contribution < -0.4 is 0 Å². The quantitative estimate of drug-likeness (QED) is 0.614. The van der Waals surface area contributed by atoms with E-state index in [0.29, 0.717) is 12.2 Å². The van der Waals surface area contributed by atoms with Gasteiger partial charge in [-0.25, -0.2) is 0 Å². The largest absolute Gasteiger partial charge is 0.299 e. The summed E-state index contributed by atoms with van der Waals surface area (Å²) in [7, 11) is 0. The van der Waals surface area contributed by atoms with Crippen molar-refractivity contribution in [2.45, 2.75) is 58.8 Å². The Balaban J connectivity index is 2.23. The third-order valence-electron chi connectivity index (χ3n) is 2.75. The summed E-state index contributed by atoms with van der Waals surface area (Å²) in [5.41, 5.74) is 0. The van der Waals surface area contributed by atoms with Gasteiger partial charge in [0.25, 0.3) is 0 Å². The first-order valence-electron chi connectivity index (χ1n) is 6.35. The molecule has 0 atom stereocenters. The first-order chi connectivity index (χ1) is 7.76. The molecule has 1 rings (SSSR count). The number of ketones is 1. The predicted octanol–water partition coefficient (Wildman–Crippen LogP) is 4.39. The highest BCUT2D eigenvalue weighted by molar-refractivity contribution is 7.12. The van der Waals surface area contributed by atoms with Crippen molar-refractivity contribution < 1.29 is 4.79 Å². The average Bonchev–Trinajstić information content (AvgIpc) is 2.72. The maximum atomic E-state index is 11.7. The number of thiophene rings is 1. The molecule has 16 heavy (non-hydrogen) atoms. The lowest BCUT2D eigenvalue weighted by Gasteiger charge is -1.99. The molecule has 0 amide bonds. The smallest absolute Gasteiger partial charge is 0.138 e. The summed E-state index contributed by atoms with van der Waals surface area (Å²) < 4.78 is 0. The highest BCUT2D eigenvalue weighted by Gasteiger charge is 2.05. The van der Waals surface area contributed by atoms with Crippen molar-refractivity contribution in [2.24, 2.45) is 0 Å². The summed E-state index contributed by atoms with van der Waals surface area (Å²) in [4.78, 5) is 14.3. The van der Waals surface area contributed by atoms with Crippen LogP contribution in [-0.2, 0) is 17.6 Å². The van der Waals surface area contributed by atoms with Gasteiger partial charge in [-0.2, -0.15) is 0 Å². The number of Topliss-reactive ketones (excluding diaryl/α,β-unsaturated/α-hetero) is 1. The molecule has 1 heterocycles. The lowest BCUT2D eigenvalue weighted by molar-refractivity contribution is -0.118. The van der Waals surface area contributed by atoms with Gasteiger partial charge >= 0.3 is 0 Å². The van der Waals surface area contributed by atoms with Crippen LogP contribution in [0.2, 0.25) is 0 Å². The van der Waals surface area contributed by atoms with Gasteiger partial charge in [0.05, 0.1) is 0 Å². The van der Waals surface area contributed by atoms with E-state index >= 15 is 0 Å². The van der Waals surface area contributed by atoms with Gasteiger partial charge in [-0.1, -0.05) is 33.1 Å². The van der Waals surface area contributed by atoms with Crippen LogP contribution in [0.3, 0.4) is 0 Å². The standard InChI is InChI=1S/C14H22OS/c1-3-5-6-7-8-12(15)11-14-10-9-13(4-2)16-14/h9-10H,3-8,11H2,1-2H3. The molecular weight excluding hydrogens is 216 g/mol. The fourth-order valence-electron chi connectivity index (χ4n) is 1.74. The fraction of sp³-hybridized carbons (Fsp3) is 0.643. The van der Waals surface area contributed by atoms with Crippen molar-refractivity contribution in [3.63, 3.8) is 0 Å². The molecule has 0 radical (unpaired) electrons. The highest BCUT2D eigenvalue weighted by Crippen LogP contribution is 2.18. The molecule has 0 spiro atoms. The second-order valence-corrected chi connectivity index (χ2v) is 5.50. The van der Waals surface area contributed by atoms with Crippen molar-refractivity contribution in [3.8, 4) is 0 Å². The van der Waals surface area contributed by atoms with Crippen molar-refractivity contribution in [1.29, 1.82) is 0 Å². The Morgan fingerprint density at radius 3 is 2.50 bits per heavy atom. The molecule has 1 aromatic heterocycles. The summed E-state index contributed by atoms with van der Waals surface area (Å²) >= 11 is 1.78. The van der Waals surface area contributed by atoms with E-state index in [1.807, 2.05) is 0 Å². The van der Waals surface area contributed by atoms with Gasteiger partial charge in [-0.15, -0.1) is 11.3 Å². The molecule has 0 bridgehead atoms. The van der Waals surface area contributed by atoms with E-state index < -0.39 is 0 Å². The van der Waals surface area contributed by atoms with Gasteiger partial charge in [0.2, 0.25) is 0 Å². The van der Waals surface area contributed by atoms with Gasteiger partial charge in [0.1, 0.15) is 5.78 Å². The minimum absolute atomic E-state index is 0.403. The predicted molar refractivity (Wildman–Crippen MR) is 71.2 cm³/mol. The van der Waals surface area contributed by atoms with Crippen molar-refractivity contribution in [3.05, 3.63) is 21.9 Å². The van der Waals surface area contributed by atoms with Crippen LogP contribution in [0.5, 0.6) is 0 Å². The van der Waals surface area contributed by atoms with Crippen LogP contribution in [0.25, 0.3) is 0 Å². The van der Waals surface area contributed by atoms with Crippen LogP contribution in [0.4, 0.5) is 0 Å².